The van der Waals surface area contributed by atoms with Crippen LogP contribution in [0.25, 0.3) is 11.3 Å². The molecule has 0 saturated heterocycles. The molecule has 130 valence electrons. The van der Waals surface area contributed by atoms with Crippen molar-refractivity contribution >= 4 is 52.2 Å². The van der Waals surface area contributed by atoms with Gasteiger partial charge >= 0.3 is 0 Å². The van der Waals surface area contributed by atoms with E-state index in [-0.39, 0.29) is 22.5 Å². The second-order valence-electron chi connectivity index (χ2n) is 5.37. The quantitative estimate of drug-likeness (QED) is 0.687. The van der Waals surface area contributed by atoms with Gasteiger partial charge in [-0.1, -0.05) is 48.8 Å². The van der Waals surface area contributed by atoms with Crippen LogP contribution >= 0.6 is 46.3 Å². The predicted molar refractivity (Wildman–Crippen MR) is 99.2 cm³/mol. The minimum Gasteiger partial charge on any atom is -0.355 e. The van der Waals surface area contributed by atoms with Gasteiger partial charge in [-0.15, -0.1) is 21.5 Å². The lowest BCUT2D eigenvalue weighted by Crippen LogP contribution is -2.27. The molecular weight excluding hydrogens is 391 g/mol. The molecule has 10 heteroatoms. The maximum absolute atomic E-state index is 12.1. The third-order valence-corrected chi connectivity index (χ3v) is 5.32. The minimum absolute atomic E-state index is 0.105. The van der Waals surface area contributed by atoms with Gasteiger partial charge < -0.3 is 5.32 Å². The lowest BCUT2D eigenvalue weighted by Gasteiger charge is -2.06. The van der Waals surface area contributed by atoms with Crippen LogP contribution in [-0.2, 0) is 4.79 Å². The number of carbonyl (C=O) groups is 1. The smallest absolute Gasteiger partial charge is 0.278 e. The van der Waals surface area contributed by atoms with Gasteiger partial charge in [-0.05, 0) is 18.4 Å². The molecule has 0 radical (unpaired) electrons. The molecule has 2 rings (SSSR count). The topological polar surface area (TPSA) is 87.7 Å². The Morgan fingerprint density at radius 3 is 2.75 bits per heavy atom. The molecule has 2 N–H and O–H groups in total. The molecule has 0 unspecified atom stereocenters. The molecule has 6 nitrogen and oxygen atoms in total. The van der Waals surface area contributed by atoms with Gasteiger partial charge in [-0.2, -0.15) is 0 Å². The number of carbonyl (C=O) groups excluding carboxylic acids is 1. The molecule has 0 bridgehead atoms. The molecule has 1 amide bonds. The first kappa shape index (κ1) is 19.2. The monoisotopic (exact) mass is 406 g/mol. The first-order valence-corrected chi connectivity index (χ1v) is 9.74. The standard InChI is InChI=1S/C14H16Cl2N4O2S2/c1-7(2)3-4-17-10(21)6-23-14-18-13(22)11(19-20-14)8-5-9(15)24-12(8)16/h5,7H,3-4,6H2,1-2H3,(H,17,21)(H,18,20,22). The molecule has 0 aliphatic rings. The summed E-state index contributed by atoms with van der Waals surface area (Å²) < 4.78 is 0.845. The molecule has 24 heavy (non-hydrogen) atoms. The summed E-state index contributed by atoms with van der Waals surface area (Å²) in [5, 5.41) is 10.9. The number of nitrogens with one attached hydrogen (secondary N) is 2. The van der Waals surface area contributed by atoms with Gasteiger partial charge in [-0.25, -0.2) is 0 Å². The molecule has 2 heterocycles. The highest BCUT2D eigenvalue weighted by Gasteiger charge is 2.15. The van der Waals surface area contributed by atoms with E-state index in [1.54, 1.807) is 6.07 Å². The van der Waals surface area contributed by atoms with Gasteiger partial charge in [0.1, 0.15) is 4.34 Å². The first-order valence-electron chi connectivity index (χ1n) is 7.18. The van der Waals surface area contributed by atoms with E-state index in [1.165, 1.54) is 0 Å². The van der Waals surface area contributed by atoms with E-state index in [4.69, 9.17) is 23.2 Å². The number of thioether (sulfide) groups is 1. The number of H-pyrrole nitrogens is 1. The Hall–Kier alpha value is -1.09. The van der Waals surface area contributed by atoms with E-state index in [0.717, 1.165) is 29.5 Å². The number of thiophene rings is 1. The molecular formula is C14H16Cl2N4O2S2. The van der Waals surface area contributed by atoms with Crippen LogP contribution < -0.4 is 10.9 Å². The first-order chi connectivity index (χ1) is 11.4. The Kier molecular flexibility index (Phi) is 7.09. The number of aromatic nitrogens is 3. The maximum atomic E-state index is 12.1. The number of hydrogen-bond acceptors (Lipinski definition) is 6. The number of halogens is 2. The zero-order valence-electron chi connectivity index (χ0n) is 13.1. The van der Waals surface area contributed by atoms with E-state index < -0.39 is 5.56 Å². The number of aromatic amines is 1. The Balaban J connectivity index is 1.96. The molecule has 0 fully saturated rings. The number of amides is 1. The van der Waals surface area contributed by atoms with Gasteiger partial charge in [0, 0.05) is 12.1 Å². The minimum atomic E-state index is -0.427. The van der Waals surface area contributed by atoms with Crippen molar-refractivity contribution in [3.63, 3.8) is 0 Å². The Morgan fingerprint density at radius 1 is 1.42 bits per heavy atom. The van der Waals surface area contributed by atoms with Crippen molar-refractivity contribution in [3.8, 4) is 11.3 Å². The summed E-state index contributed by atoms with van der Waals surface area (Å²) in [6.45, 7) is 4.82. The average Bonchev–Trinajstić information content (AvgIpc) is 2.83. The highest BCUT2D eigenvalue weighted by atomic mass is 35.5. The molecule has 2 aromatic rings. The van der Waals surface area contributed by atoms with Crippen molar-refractivity contribution in [2.75, 3.05) is 12.3 Å². The lowest BCUT2D eigenvalue weighted by atomic mass is 10.1. The van der Waals surface area contributed by atoms with E-state index >= 15 is 0 Å². The highest BCUT2D eigenvalue weighted by Crippen LogP contribution is 2.35. The van der Waals surface area contributed by atoms with Crippen molar-refractivity contribution in [2.24, 2.45) is 5.92 Å². The fourth-order valence-corrected chi connectivity index (χ4v) is 3.85. The predicted octanol–water partition coefficient (Wildman–Crippen LogP) is 3.45. The van der Waals surface area contributed by atoms with Crippen LogP contribution in [0.1, 0.15) is 20.3 Å². The van der Waals surface area contributed by atoms with Gasteiger partial charge in [0.05, 0.1) is 10.1 Å². The highest BCUT2D eigenvalue weighted by molar-refractivity contribution is 7.99. The zero-order valence-corrected chi connectivity index (χ0v) is 16.2. The normalized spacial score (nSPS) is 11.0. The van der Waals surface area contributed by atoms with Crippen molar-refractivity contribution in [1.82, 2.24) is 20.5 Å². The molecule has 0 saturated carbocycles. The summed E-state index contributed by atoms with van der Waals surface area (Å²) in [4.78, 5) is 26.4. The van der Waals surface area contributed by atoms with Crippen LogP contribution in [0.5, 0.6) is 0 Å². The van der Waals surface area contributed by atoms with E-state index in [1.807, 2.05) is 0 Å². The van der Waals surface area contributed by atoms with Crippen LogP contribution in [0.15, 0.2) is 16.0 Å². The Morgan fingerprint density at radius 2 is 2.17 bits per heavy atom. The van der Waals surface area contributed by atoms with Crippen LogP contribution in [0.2, 0.25) is 8.67 Å². The van der Waals surface area contributed by atoms with Crippen molar-refractivity contribution in [1.29, 1.82) is 0 Å². The second kappa shape index (κ2) is 8.84. The summed E-state index contributed by atoms with van der Waals surface area (Å²) in [6, 6.07) is 1.57. The van der Waals surface area contributed by atoms with Crippen LogP contribution in [-0.4, -0.2) is 33.4 Å². The third kappa shape index (κ3) is 5.47. The van der Waals surface area contributed by atoms with Gasteiger partial charge in [0.15, 0.2) is 10.9 Å². The van der Waals surface area contributed by atoms with Crippen LogP contribution in [0, 0.1) is 5.92 Å². The van der Waals surface area contributed by atoms with E-state index in [2.05, 4.69) is 34.3 Å². The second-order valence-corrected chi connectivity index (χ2v) is 8.62. The van der Waals surface area contributed by atoms with E-state index in [0.29, 0.717) is 26.7 Å². The van der Waals surface area contributed by atoms with Crippen LogP contribution in [0.4, 0.5) is 0 Å². The average molecular weight is 407 g/mol. The van der Waals surface area contributed by atoms with E-state index in [9.17, 15) is 9.59 Å². The molecule has 0 atom stereocenters. The number of rotatable bonds is 7. The fraction of sp³-hybridized carbons (Fsp3) is 0.429. The summed E-state index contributed by atoms with van der Waals surface area (Å²) in [6.07, 6.45) is 0.922. The van der Waals surface area contributed by atoms with Crippen LogP contribution in [0.3, 0.4) is 0 Å². The molecule has 0 aromatic carbocycles. The zero-order chi connectivity index (χ0) is 17.7. The third-order valence-electron chi connectivity index (χ3n) is 2.97. The lowest BCUT2D eigenvalue weighted by molar-refractivity contribution is -0.118. The Labute approximate surface area is 157 Å². The number of nitrogens with zero attached hydrogens (tertiary/aromatic N) is 2. The fourth-order valence-electron chi connectivity index (χ4n) is 1.75. The largest absolute Gasteiger partial charge is 0.355 e. The SMILES string of the molecule is CC(C)CCNC(=O)CSc1nnc(-c2cc(Cl)sc2Cl)c(=O)[nH]1. The molecule has 0 spiro atoms. The summed E-state index contributed by atoms with van der Waals surface area (Å²) >= 11 is 14.2. The van der Waals surface area contributed by atoms with Crippen molar-refractivity contribution in [2.45, 2.75) is 25.4 Å². The molecule has 0 aliphatic heterocycles. The summed E-state index contributed by atoms with van der Waals surface area (Å²) in [7, 11) is 0. The van der Waals surface area contributed by atoms with Crippen molar-refractivity contribution in [3.05, 3.63) is 25.1 Å². The van der Waals surface area contributed by atoms with Gasteiger partial charge in [0.25, 0.3) is 5.56 Å². The Bertz CT molecular complexity index is 776. The van der Waals surface area contributed by atoms with Gasteiger partial charge in [0.2, 0.25) is 5.91 Å². The number of hydrogen-bond donors (Lipinski definition) is 2. The van der Waals surface area contributed by atoms with Crippen molar-refractivity contribution < 1.29 is 4.79 Å². The van der Waals surface area contributed by atoms with Gasteiger partial charge in [-0.3, -0.25) is 14.6 Å². The molecule has 2 aromatic heterocycles. The molecule has 0 aliphatic carbocycles. The summed E-state index contributed by atoms with van der Waals surface area (Å²) in [5.41, 5.74) is 0.126. The maximum Gasteiger partial charge on any atom is 0.278 e. The summed E-state index contributed by atoms with van der Waals surface area (Å²) in [5.74, 6) is 0.581.